The first-order valence-corrected chi connectivity index (χ1v) is 6.92. The number of amides is 1. The zero-order chi connectivity index (χ0) is 13.8. The Hall–Kier alpha value is -1.61. The van der Waals surface area contributed by atoms with Gasteiger partial charge in [-0.1, -0.05) is 25.1 Å². The number of carbonyl (C=O) groups is 1. The van der Waals surface area contributed by atoms with Gasteiger partial charge in [-0.05, 0) is 31.0 Å². The molecule has 2 rings (SSSR count). The van der Waals surface area contributed by atoms with Crippen LogP contribution in [0, 0.1) is 0 Å². The molecule has 0 aliphatic carbocycles. The predicted molar refractivity (Wildman–Crippen MR) is 79.4 cm³/mol. The molecule has 1 amide bonds. The Morgan fingerprint density at radius 3 is 2.58 bits per heavy atom. The molecule has 0 saturated carbocycles. The molecule has 102 valence electrons. The second-order valence-corrected chi connectivity index (χ2v) is 4.97. The summed E-state index contributed by atoms with van der Waals surface area (Å²) in [6.45, 7) is 10.3. The van der Waals surface area contributed by atoms with Crippen LogP contribution in [0.4, 0.5) is 5.69 Å². The molecule has 1 aromatic carbocycles. The van der Waals surface area contributed by atoms with Crippen LogP contribution in [0.15, 0.2) is 36.9 Å². The fourth-order valence-electron chi connectivity index (χ4n) is 2.50. The summed E-state index contributed by atoms with van der Waals surface area (Å²) >= 11 is 0. The summed E-state index contributed by atoms with van der Waals surface area (Å²) in [7, 11) is 0. The first kappa shape index (κ1) is 13.8. The van der Waals surface area contributed by atoms with E-state index in [9.17, 15) is 4.79 Å². The zero-order valence-electron chi connectivity index (χ0n) is 11.8. The molecule has 0 bridgehead atoms. The van der Waals surface area contributed by atoms with E-state index in [1.807, 2.05) is 30.0 Å². The minimum Gasteiger partial charge on any atom is -0.310 e. The van der Waals surface area contributed by atoms with Crippen LogP contribution in [0.1, 0.15) is 19.4 Å². The maximum atomic E-state index is 12.4. The van der Waals surface area contributed by atoms with Crippen LogP contribution >= 0.6 is 0 Å². The highest BCUT2D eigenvalue weighted by Gasteiger charge is 2.31. The fraction of sp³-hybridized carbons (Fsp3) is 0.438. The summed E-state index contributed by atoms with van der Waals surface area (Å²) in [6.07, 6.45) is 2.88. The smallest absolute Gasteiger partial charge is 0.244 e. The fourth-order valence-corrected chi connectivity index (χ4v) is 2.50. The number of carbonyl (C=O) groups excluding carboxylic acids is 1. The summed E-state index contributed by atoms with van der Waals surface area (Å²) < 4.78 is 0. The molecule has 1 fully saturated rings. The first-order chi connectivity index (χ1) is 9.17. The Balaban J connectivity index is 2.13. The molecule has 0 spiro atoms. The molecule has 1 aromatic rings. The normalized spacial score (nSPS) is 20.6. The minimum absolute atomic E-state index is 0.0717. The second-order valence-electron chi connectivity index (χ2n) is 4.97. The maximum Gasteiger partial charge on any atom is 0.244 e. The Bertz CT molecular complexity index is 452. The molecule has 0 aromatic heterocycles. The van der Waals surface area contributed by atoms with Gasteiger partial charge in [0.05, 0.1) is 6.04 Å². The quantitative estimate of drug-likeness (QED) is 0.775. The average molecular weight is 258 g/mol. The van der Waals surface area contributed by atoms with Crippen molar-refractivity contribution in [3.8, 4) is 0 Å². The van der Waals surface area contributed by atoms with Crippen molar-refractivity contribution in [2.24, 2.45) is 0 Å². The second kappa shape index (κ2) is 6.02. The first-order valence-electron chi connectivity index (χ1n) is 6.92. The van der Waals surface area contributed by atoms with E-state index in [1.165, 1.54) is 5.56 Å². The van der Waals surface area contributed by atoms with Gasteiger partial charge in [-0.15, -0.1) is 6.58 Å². The number of piperazine rings is 1. The van der Waals surface area contributed by atoms with Gasteiger partial charge in [-0.25, -0.2) is 0 Å². The third-order valence-electron chi connectivity index (χ3n) is 3.80. The van der Waals surface area contributed by atoms with Gasteiger partial charge in [0.2, 0.25) is 5.91 Å². The van der Waals surface area contributed by atoms with Crippen LogP contribution in [0.2, 0.25) is 0 Å². The number of hydrogen-bond donors (Lipinski definition) is 0. The number of nitrogens with zero attached hydrogens (tertiary/aromatic N) is 2. The SMILES string of the molecule is C=CCN1CCN(c2ccc(CC)cc2)C(=O)C1C. The van der Waals surface area contributed by atoms with Crippen molar-refractivity contribution in [1.29, 1.82) is 0 Å². The number of benzene rings is 1. The van der Waals surface area contributed by atoms with Crippen molar-refractivity contribution in [2.45, 2.75) is 26.3 Å². The van der Waals surface area contributed by atoms with Crippen LogP contribution in [0.3, 0.4) is 0 Å². The van der Waals surface area contributed by atoms with Gasteiger partial charge in [-0.3, -0.25) is 9.69 Å². The molecule has 1 aliphatic heterocycles. The van der Waals surface area contributed by atoms with Crippen LogP contribution in [-0.4, -0.2) is 36.5 Å². The third kappa shape index (κ3) is 2.87. The molecule has 1 saturated heterocycles. The van der Waals surface area contributed by atoms with Crippen molar-refractivity contribution in [3.63, 3.8) is 0 Å². The summed E-state index contributed by atoms with van der Waals surface area (Å²) in [6, 6.07) is 8.23. The van der Waals surface area contributed by atoms with Crippen molar-refractivity contribution in [2.75, 3.05) is 24.5 Å². The number of aryl methyl sites for hydroxylation is 1. The lowest BCUT2D eigenvalue weighted by molar-refractivity contribution is -0.124. The Labute approximate surface area is 115 Å². The Morgan fingerprint density at radius 1 is 1.32 bits per heavy atom. The lowest BCUT2D eigenvalue weighted by Crippen LogP contribution is -2.55. The van der Waals surface area contributed by atoms with Crippen molar-refractivity contribution in [3.05, 3.63) is 42.5 Å². The summed E-state index contributed by atoms with van der Waals surface area (Å²) in [5.74, 6) is 0.178. The lowest BCUT2D eigenvalue weighted by Gasteiger charge is -2.38. The number of hydrogen-bond acceptors (Lipinski definition) is 2. The Kier molecular flexibility index (Phi) is 4.38. The van der Waals surface area contributed by atoms with Gasteiger partial charge in [0.1, 0.15) is 0 Å². The largest absolute Gasteiger partial charge is 0.310 e. The molecule has 3 nitrogen and oxygen atoms in total. The van der Waals surface area contributed by atoms with E-state index in [2.05, 4.69) is 30.5 Å². The minimum atomic E-state index is -0.0717. The van der Waals surface area contributed by atoms with E-state index in [1.54, 1.807) is 0 Å². The predicted octanol–water partition coefficient (Wildman–Crippen LogP) is 2.47. The van der Waals surface area contributed by atoms with Crippen molar-refractivity contribution >= 4 is 11.6 Å². The van der Waals surface area contributed by atoms with E-state index in [0.29, 0.717) is 0 Å². The highest BCUT2D eigenvalue weighted by molar-refractivity contribution is 5.97. The van der Waals surface area contributed by atoms with E-state index in [0.717, 1.165) is 31.7 Å². The molecule has 3 heteroatoms. The van der Waals surface area contributed by atoms with Gasteiger partial charge in [-0.2, -0.15) is 0 Å². The lowest BCUT2D eigenvalue weighted by atomic mass is 10.1. The summed E-state index contributed by atoms with van der Waals surface area (Å²) in [5.41, 5.74) is 2.31. The highest BCUT2D eigenvalue weighted by atomic mass is 16.2. The standard InChI is InChI=1S/C16H22N2O/c1-4-10-17-11-12-18(16(19)13(17)3)15-8-6-14(5-2)7-9-15/h4,6-9,13H,1,5,10-12H2,2-3H3. The zero-order valence-corrected chi connectivity index (χ0v) is 11.8. The van der Waals surface area contributed by atoms with Gasteiger partial charge in [0, 0.05) is 25.3 Å². The molecule has 0 radical (unpaired) electrons. The van der Waals surface area contributed by atoms with Crippen molar-refractivity contribution in [1.82, 2.24) is 4.90 Å². The monoisotopic (exact) mass is 258 g/mol. The molecule has 0 N–H and O–H groups in total. The van der Waals surface area contributed by atoms with E-state index in [-0.39, 0.29) is 11.9 Å². The molecule has 19 heavy (non-hydrogen) atoms. The Morgan fingerprint density at radius 2 is 2.00 bits per heavy atom. The summed E-state index contributed by atoms with van der Waals surface area (Å²) in [4.78, 5) is 16.5. The molecule has 1 heterocycles. The van der Waals surface area contributed by atoms with E-state index < -0.39 is 0 Å². The molecule has 1 unspecified atom stereocenters. The molecular formula is C16H22N2O. The number of rotatable bonds is 4. The van der Waals surface area contributed by atoms with Gasteiger partial charge in [0.15, 0.2) is 0 Å². The molecule has 1 aliphatic rings. The maximum absolute atomic E-state index is 12.4. The van der Waals surface area contributed by atoms with E-state index >= 15 is 0 Å². The van der Waals surface area contributed by atoms with Crippen LogP contribution in [-0.2, 0) is 11.2 Å². The molecular weight excluding hydrogens is 236 g/mol. The van der Waals surface area contributed by atoms with Gasteiger partial charge in [0.25, 0.3) is 0 Å². The molecule has 1 atom stereocenters. The van der Waals surface area contributed by atoms with Gasteiger partial charge < -0.3 is 4.90 Å². The van der Waals surface area contributed by atoms with E-state index in [4.69, 9.17) is 0 Å². The highest BCUT2D eigenvalue weighted by Crippen LogP contribution is 2.21. The van der Waals surface area contributed by atoms with Crippen molar-refractivity contribution < 1.29 is 4.79 Å². The van der Waals surface area contributed by atoms with Crippen LogP contribution in [0.5, 0.6) is 0 Å². The summed E-state index contributed by atoms with van der Waals surface area (Å²) in [5, 5.41) is 0. The number of anilines is 1. The van der Waals surface area contributed by atoms with Crippen LogP contribution in [0.25, 0.3) is 0 Å². The topological polar surface area (TPSA) is 23.6 Å². The average Bonchev–Trinajstić information content (AvgIpc) is 2.45. The third-order valence-corrected chi connectivity index (χ3v) is 3.80. The van der Waals surface area contributed by atoms with Crippen LogP contribution < -0.4 is 4.90 Å². The van der Waals surface area contributed by atoms with Gasteiger partial charge >= 0.3 is 0 Å².